The van der Waals surface area contributed by atoms with Crippen molar-refractivity contribution < 1.29 is 29.1 Å². The summed E-state index contributed by atoms with van der Waals surface area (Å²) in [5, 5.41) is 38.1. The summed E-state index contributed by atoms with van der Waals surface area (Å²) in [6.07, 6.45) is 1.99. The Morgan fingerprint density at radius 1 is 1.12 bits per heavy atom. The summed E-state index contributed by atoms with van der Waals surface area (Å²) in [7, 11) is 2.08. The Morgan fingerprint density at radius 2 is 1.92 bits per heavy atom. The first-order valence-corrected chi connectivity index (χ1v) is 21.1. The fourth-order valence-corrected chi connectivity index (χ4v) is 9.28. The molecule has 6 aromatic rings. The first-order valence-electron chi connectivity index (χ1n) is 20.2. The zero-order valence-corrected chi connectivity index (χ0v) is 34.7. The number of phenols is 1. The quantitative estimate of drug-likeness (QED) is 0.104. The Hall–Kier alpha value is -5.64. The van der Waals surface area contributed by atoms with Gasteiger partial charge in [0.15, 0.2) is 11.4 Å². The van der Waals surface area contributed by atoms with Crippen LogP contribution in [0.15, 0.2) is 70.7 Å². The number of benzene rings is 2. The number of H-pyrrole nitrogens is 1. The van der Waals surface area contributed by atoms with Crippen LogP contribution in [0.1, 0.15) is 73.8 Å². The number of hydrogen-bond acceptors (Lipinski definition) is 12. The zero-order valence-electron chi connectivity index (χ0n) is 33.9. The van der Waals surface area contributed by atoms with Gasteiger partial charge < -0.3 is 34.7 Å². The van der Waals surface area contributed by atoms with Crippen molar-refractivity contribution in [3.05, 3.63) is 94.4 Å². The number of phenolic OH excluding ortho intramolecular Hbond substituents is 1. The van der Waals surface area contributed by atoms with E-state index in [9.17, 15) is 19.8 Å². The number of aromatic amines is 1. The van der Waals surface area contributed by atoms with Gasteiger partial charge in [-0.1, -0.05) is 50.2 Å². The predicted octanol–water partition coefficient (Wildman–Crippen LogP) is 6.20. The van der Waals surface area contributed by atoms with Gasteiger partial charge in [-0.2, -0.15) is 0 Å². The second-order valence-electron chi connectivity index (χ2n) is 16.1. The van der Waals surface area contributed by atoms with Crippen molar-refractivity contribution in [1.82, 2.24) is 40.4 Å². The Kier molecular flexibility index (Phi) is 11.5. The van der Waals surface area contributed by atoms with Crippen molar-refractivity contribution in [2.75, 3.05) is 26.7 Å². The van der Waals surface area contributed by atoms with E-state index in [1.165, 1.54) is 16.2 Å². The molecule has 0 spiro atoms. The second-order valence-corrected chi connectivity index (χ2v) is 17.0. The molecule has 308 valence electrons. The molecule has 5 heterocycles. The molecule has 0 bridgehead atoms. The molecule has 0 radical (unpaired) electrons. The van der Waals surface area contributed by atoms with Crippen LogP contribution in [0.2, 0.25) is 0 Å². The van der Waals surface area contributed by atoms with E-state index in [1.54, 1.807) is 29.5 Å². The maximum atomic E-state index is 14.2. The lowest BCUT2D eigenvalue weighted by atomic mass is 9.90. The molecule has 0 unspecified atom stereocenters. The van der Waals surface area contributed by atoms with Gasteiger partial charge in [0.1, 0.15) is 24.3 Å². The van der Waals surface area contributed by atoms with Crippen molar-refractivity contribution in [2.45, 2.75) is 83.5 Å². The zero-order chi connectivity index (χ0) is 41.4. The second kappa shape index (κ2) is 16.9. The number of rotatable bonds is 13. The number of β-amino-alcohol motifs (C(OH)–C–C–N with tert-alkyl or cyclic N) is 1. The topological polar surface area (TPSA) is 183 Å². The summed E-state index contributed by atoms with van der Waals surface area (Å²) in [6, 6.07) is 18.0. The monoisotopic (exact) mass is 818 g/mol. The van der Waals surface area contributed by atoms with E-state index >= 15 is 0 Å². The van der Waals surface area contributed by atoms with Crippen molar-refractivity contribution >= 4 is 34.2 Å². The minimum atomic E-state index is -0.832. The van der Waals surface area contributed by atoms with Gasteiger partial charge in [-0.05, 0) is 86.1 Å². The Labute approximate surface area is 346 Å². The predicted molar refractivity (Wildman–Crippen MR) is 224 cm³/mol. The van der Waals surface area contributed by atoms with Gasteiger partial charge in [-0.3, -0.25) is 14.5 Å². The Morgan fingerprint density at radius 3 is 2.66 bits per heavy atom. The van der Waals surface area contributed by atoms with Crippen LogP contribution in [-0.2, 0) is 22.4 Å². The smallest absolute Gasteiger partial charge is 0.254 e. The number of hydrogen-bond donors (Lipinski definition) is 4. The number of amides is 2. The van der Waals surface area contributed by atoms with Crippen LogP contribution in [0.4, 0.5) is 0 Å². The van der Waals surface area contributed by atoms with Gasteiger partial charge in [-0.15, -0.1) is 21.5 Å². The van der Waals surface area contributed by atoms with Gasteiger partial charge >= 0.3 is 0 Å². The van der Waals surface area contributed by atoms with Crippen molar-refractivity contribution in [2.24, 2.45) is 5.92 Å². The van der Waals surface area contributed by atoms with Gasteiger partial charge in [0.2, 0.25) is 11.8 Å². The van der Waals surface area contributed by atoms with E-state index in [0.717, 1.165) is 52.0 Å². The molecule has 2 amide bonds. The standard InChI is InChI=1S/C44H50N8O6S/c1-24(2)40(44(56)52-22-30(53)19-36(52)43(55)46-25(3)27-10-12-28(13-11-27)41-26(4)45-23-59-41)38-21-39(50-58-38)57-17-16-51(5)29-14-15-34-32(18-29)33-20-35(48-49-42(33)47-34)31-8-6-7-9-37(31)54/h6-13,20-21,23-25,29-30,36,40,53-54H,14-19,22H2,1-5H3,(H,46,55)(H,47,49)/t25-,29-,30+,36-,40+/m0/s1. The number of ether oxygens (including phenoxy) is 1. The minimum Gasteiger partial charge on any atom is -0.507 e. The summed E-state index contributed by atoms with van der Waals surface area (Å²) >= 11 is 1.59. The van der Waals surface area contributed by atoms with Crippen molar-refractivity contribution in [3.8, 4) is 33.3 Å². The molecule has 8 rings (SSSR count). The largest absolute Gasteiger partial charge is 0.507 e. The average Bonchev–Trinajstić information content (AvgIpc) is 4.04. The van der Waals surface area contributed by atoms with E-state index in [-0.39, 0.29) is 54.4 Å². The van der Waals surface area contributed by atoms with E-state index in [4.69, 9.17) is 9.26 Å². The third-order valence-corrected chi connectivity index (χ3v) is 12.8. The number of para-hydroxylation sites is 1. The summed E-state index contributed by atoms with van der Waals surface area (Å²) in [5.74, 6) is -0.731. The van der Waals surface area contributed by atoms with Crippen LogP contribution >= 0.6 is 11.3 Å². The van der Waals surface area contributed by atoms with Crippen LogP contribution in [-0.4, -0.2) is 102 Å². The van der Waals surface area contributed by atoms with Crippen molar-refractivity contribution in [3.63, 3.8) is 0 Å². The highest BCUT2D eigenvalue weighted by molar-refractivity contribution is 7.13. The lowest BCUT2D eigenvalue weighted by molar-refractivity contribution is -0.141. The number of aromatic hydroxyl groups is 1. The molecule has 2 aromatic carbocycles. The summed E-state index contributed by atoms with van der Waals surface area (Å²) in [6.45, 7) is 8.77. The number of thiazole rings is 1. The van der Waals surface area contributed by atoms with Gasteiger partial charge in [-0.25, -0.2) is 4.98 Å². The highest BCUT2D eigenvalue weighted by atomic mass is 32.1. The fraction of sp³-hybridized carbons (Fsp3) is 0.409. The van der Waals surface area contributed by atoms with Crippen LogP contribution in [0, 0.1) is 12.8 Å². The molecule has 1 aliphatic heterocycles. The minimum absolute atomic E-state index is 0.0492. The molecular formula is C44H50N8O6S. The number of aromatic nitrogens is 5. The maximum Gasteiger partial charge on any atom is 0.254 e. The number of aryl methyl sites for hydroxylation is 2. The first-order chi connectivity index (χ1) is 28.4. The molecule has 2 aliphatic rings. The van der Waals surface area contributed by atoms with Gasteiger partial charge in [0.25, 0.3) is 5.88 Å². The number of nitrogens with zero attached hydrogens (tertiary/aromatic N) is 6. The lowest BCUT2D eigenvalue weighted by Crippen LogP contribution is -2.48. The van der Waals surface area contributed by atoms with Crippen molar-refractivity contribution in [1.29, 1.82) is 0 Å². The number of aliphatic hydroxyl groups is 1. The molecule has 5 atom stereocenters. The number of likely N-dealkylation sites (tertiary alicyclic amines) is 1. The normalized spacial score (nSPS) is 19.0. The van der Waals surface area contributed by atoms with Gasteiger partial charge in [0, 0.05) is 48.3 Å². The molecule has 1 aliphatic carbocycles. The van der Waals surface area contributed by atoms with E-state index in [0.29, 0.717) is 30.2 Å². The average molecular weight is 819 g/mol. The first kappa shape index (κ1) is 40.2. The highest BCUT2D eigenvalue weighted by Crippen LogP contribution is 2.35. The van der Waals surface area contributed by atoms with Crippen LogP contribution in [0.3, 0.4) is 0 Å². The molecule has 15 heteroatoms. The number of likely N-dealkylation sites (N-methyl/N-ethyl adjacent to an activating group) is 1. The SMILES string of the molecule is Cc1ncsc1-c1ccc([C@H](C)NC(=O)[C@@H]2C[C@@H](O)CN2C(=O)[C@@H](c2cc(OCCN(C)[C@H]3CCc4[nH]c5nnc(-c6ccccc6O)cc5c4C3)no2)C(C)C)cc1. The third kappa shape index (κ3) is 8.32. The molecular weight excluding hydrogens is 769 g/mol. The molecule has 59 heavy (non-hydrogen) atoms. The fourth-order valence-electron chi connectivity index (χ4n) is 8.47. The number of nitrogens with one attached hydrogen (secondary N) is 2. The Bertz CT molecular complexity index is 2440. The summed E-state index contributed by atoms with van der Waals surface area (Å²) < 4.78 is 11.8. The van der Waals surface area contributed by atoms with Crippen LogP contribution in [0.25, 0.3) is 32.7 Å². The number of aliphatic hydroxyl groups excluding tert-OH is 1. The van der Waals surface area contributed by atoms with Crippen LogP contribution < -0.4 is 10.1 Å². The summed E-state index contributed by atoms with van der Waals surface area (Å²) in [4.78, 5) is 40.6. The number of carbonyl (C=O) groups is 2. The molecule has 14 nitrogen and oxygen atoms in total. The molecule has 4 aromatic heterocycles. The van der Waals surface area contributed by atoms with Gasteiger partial charge in [0.05, 0.1) is 33.9 Å². The lowest BCUT2D eigenvalue weighted by Gasteiger charge is -2.31. The molecule has 1 fully saturated rings. The highest BCUT2D eigenvalue weighted by Gasteiger charge is 2.43. The molecule has 1 saturated heterocycles. The maximum absolute atomic E-state index is 14.2. The van der Waals surface area contributed by atoms with E-state index < -0.39 is 18.1 Å². The van der Waals surface area contributed by atoms with Crippen LogP contribution in [0.5, 0.6) is 11.6 Å². The molecule has 4 N–H and O–H groups in total. The number of fused-ring (bicyclic) bond motifs is 3. The van der Waals surface area contributed by atoms with E-state index in [2.05, 4.69) is 42.6 Å². The Balaban J connectivity index is 0.872. The summed E-state index contributed by atoms with van der Waals surface area (Å²) in [5.41, 5.74) is 9.21. The number of carbonyl (C=O) groups excluding carboxylic acids is 2. The molecule has 0 saturated carbocycles. The third-order valence-electron chi connectivity index (χ3n) is 11.8. The van der Waals surface area contributed by atoms with E-state index in [1.807, 2.05) is 75.7 Å².